The first kappa shape index (κ1) is 16.8. The second kappa shape index (κ2) is 6.26. The van der Waals surface area contributed by atoms with E-state index in [4.69, 9.17) is 5.73 Å². The highest BCUT2D eigenvalue weighted by Crippen LogP contribution is 2.26. The van der Waals surface area contributed by atoms with Gasteiger partial charge in [-0.1, -0.05) is 24.3 Å². The number of imidazole rings is 1. The van der Waals surface area contributed by atoms with Gasteiger partial charge in [0.2, 0.25) is 10.0 Å². The maximum Gasteiger partial charge on any atom is 0.243 e. The minimum atomic E-state index is -3.54. The Balaban J connectivity index is 1.59. The topological polar surface area (TPSA) is 81.2 Å². The molecule has 2 N–H and O–H groups in total. The fourth-order valence-corrected chi connectivity index (χ4v) is 4.68. The minimum Gasteiger partial charge on any atom is -0.399 e. The van der Waals surface area contributed by atoms with Crippen molar-refractivity contribution in [3.05, 3.63) is 66.2 Å². The van der Waals surface area contributed by atoms with E-state index in [-0.39, 0.29) is 0 Å². The normalized spacial score (nSPS) is 15.0. The SMILES string of the molecule is Cn1cnc2c1CCN(S(=O)(=O)c1ccc(-c3ccc(N)cc3)cc1)C2. The fourth-order valence-electron chi connectivity index (χ4n) is 3.28. The molecule has 134 valence electrons. The Bertz CT molecular complexity index is 1040. The molecule has 0 saturated heterocycles. The van der Waals surface area contributed by atoms with Gasteiger partial charge in [-0.2, -0.15) is 4.31 Å². The molecular formula is C19H20N4O2S. The lowest BCUT2D eigenvalue weighted by atomic mass is 10.1. The Labute approximate surface area is 152 Å². The first-order valence-corrected chi connectivity index (χ1v) is 9.84. The fraction of sp³-hybridized carbons (Fsp3) is 0.211. The molecule has 0 atom stereocenters. The molecule has 1 aliphatic rings. The maximum absolute atomic E-state index is 13.0. The van der Waals surface area contributed by atoms with Gasteiger partial charge < -0.3 is 10.3 Å². The Morgan fingerprint density at radius 3 is 2.27 bits per heavy atom. The van der Waals surface area contributed by atoms with Gasteiger partial charge in [0.05, 0.1) is 23.5 Å². The largest absolute Gasteiger partial charge is 0.399 e. The third kappa shape index (κ3) is 2.89. The van der Waals surface area contributed by atoms with Crippen molar-refractivity contribution >= 4 is 15.7 Å². The lowest BCUT2D eigenvalue weighted by Gasteiger charge is -2.26. The van der Waals surface area contributed by atoms with Crippen LogP contribution in [0.4, 0.5) is 5.69 Å². The molecule has 1 aliphatic heterocycles. The van der Waals surface area contributed by atoms with Crippen molar-refractivity contribution in [1.82, 2.24) is 13.9 Å². The molecule has 3 aromatic rings. The second-order valence-corrected chi connectivity index (χ2v) is 8.42. The van der Waals surface area contributed by atoms with Crippen molar-refractivity contribution in [2.24, 2.45) is 7.05 Å². The molecule has 26 heavy (non-hydrogen) atoms. The van der Waals surface area contributed by atoms with E-state index in [1.165, 1.54) is 4.31 Å². The van der Waals surface area contributed by atoms with E-state index in [1.54, 1.807) is 18.5 Å². The zero-order valence-electron chi connectivity index (χ0n) is 14.5. The highest BCUT2D eigenvalue weighted by molar-refractivity contribution is 7.89. The second-order valence-electron chi connectivity index (χ2n) is 6.48. The highest BCUT2D eigenvalue weighted by atomic mass is 32.2. The van der Waals surface area contributed by atoms with Gasteiger partial charge in [-0.15, -0.1) is 0 Å². The summed E-state index contributed by atoms with van der Waals surface area (Å²) in [5, 5.41) is 0. The van der Waals surface area contributed by atoms with Crippen molar-refractivity contribution in [1.29, 1.82) is 0 Å². The third-order valence-electron chi connectivity index (χ3n) is 4.81. The average molecular weight is 368 g/mol. The van der Waals surface area contributed by atoms with Crippen molar-refractivity contribution in [2.45, 2.75) is 17.9 Å². The predicted molar refractivity (Wildman–Crippen MR) is 101 cm³/mol. The summed E-state index contributed by atoms with van der Waals surface area (Å²) < 4.78 is 29.4. The number of hydrogen-bond donors (Lipinski definition) is 1. The minimum absolute atomic E-state index is 0.302. The number of hydrogen-bond acceptors (Lipinski definition) is 4. The van der Waals surface area contributed by atoms with E-state index in [2.05, 4.69) is 4.98 Å². The molecule has 1 aromatic heterocycles. The van der Waals surface area contributed by atoms with E-state index in [0.29, 0.717) is 30.1 Å². The average Bonchev–Trinajstić information content (AvgIpc) is 3.03. The molecule has 4 rings (SSSR count). The van der Waals surface area contributed by atoms with Gasteiger partial charge in [-0.25, -0.2) is 13.4 Å². The maximum atomic E-state index is 13.0. The van der Waals surface area contributed by atoms with Crippen LogP contribution < -0.4 is 5.73 Å². The van der Waals surface area contributed by atoms with Crippen LogP contribution >= 0.6 is 0 Å². The summed E-state index contributed by atoms with van der Waals surface area (Å²) in [5.41, 5.74) is 10.3. The van der Waals surface area contributed by atoms with Crippen LogP contribution in [0.15, 0.2) is 59.8 Å². The van der Waals surface area contributed by atoms with Crippen LogP contribution in [0.2, 0.25) is 0 Å². The number of sulfonamides is 1. The number of nitrogens with zero attached hydrogens (tertiary/aromatic N) is 3. The third-order valence-corrected chi connectivity index (χ3v) is 6.67. The van der Waals surface area contributed by atoms with E-state index in [0.717, 1.165) is 22.5 Å². The van der Waals surface area contributed by atoms with E-state index >= 15 is 0 Å². The van der Waals surface area contributed by atoms with Gasteiger partial charge in [-0.05, 0) is 35.4 Å². The van der Waals surface area contributed by atoms with Crippen LogP contribution in [-0.2, 0) is 30.0 Å². The zero-order valence-corrected chi connectivity index (χ0v) is 15.3. The molecule has 0 radical (unpaired) electrons. The number of benzene rings is 2. The number of nitrogen functional groups attached to an aromatic ring is 1. The lowest BCUT2D eigenvalue weighted by Crippen LogP contribution is -2.36. The summed E-state index contributed by atoms with van der Waals surface area (Å²) in [5.74, 6) is 0. The van der Waals surface area contributed by atoms with Gasteiger partial charge in [0.25, 0.3) is 0 Å². The van der Waals surface area contributed by atoms with Crippen molar-refractivity contribution in [3.8, 4) is 11.1 Å². The summed E-state index contributed by atoms with van der Waals surface area (Å²) in [6.45, 7) is 0.785. The molecule has 0 bridgehead atoms. The summed E-state index contributed by atoms with van der Waals surface area (Å²) in [6.07, 6.45) is 2.41. The molecule has 0 amide bonds. The molecule has 0 saturated carbocycles. The van der Waals surface area contributed by atoms with E-state index < -0.39 is 10.0 Å². The number of aromatic nitrogens is 2. The molecule has 6 nitrogen and oxygen atoms in total. The van der Waals surface area contributed by atoms with E-state index in [1.807, 2.05) is 48.0 Å². The Morgan fingerprint density at radius 2 is 1.62 bits per heavy atom. The Morgan fingerprint density at radius 1 is 1.00 bits per heavy atom. The molecule has 2 aromatic carbocycles. The van der Waals surface area contributed by atoms with Crippen molar-refractivity contribution in [2.75, 3.05) is 12.3 Å². The lowest BCUT2D eigenvalue weighted by molar-refractivity contribution is 0.382. The first-order valence-electron chi connectivity index (χ1n) is 8.40. The standard InChI is InChI=1S/C19H20N4O2S/c1-22-13-21-18-12-23(11-10-19(18)22)26(24,25)17-8-4-15(5-9-17)14-2-6-16(20)7-3-14/h2-9,13H,10-12,20H2,1H3. The van der Waals surface area contributed by atoms with Gasteiger partial charge in [0.15, 0.2) is 0 Å². The zero-order chi connectivity index (χ0) is 18.3. The predicted octanol–water partition coefficient (Wildman–Crippen LogP) is 2.42. The summed E-state index contributed by atoms with van der Waals surface area (Å²) in [6, 6.07) is 14.5. The van der Waals surface area contributed by atoms with Gasteiger partial charge in [-0.3, -0.25) is 0 Å². The smallest absolute Gasteiger partial charge is 0.243 e. The quantitative estimate of drug-likeness (QED) is 0.720. The first-order chi connectivity index (χ1) is 12.4. The molecule has 0 fully saturated rings. The molecule has 0 unspecified atom stereocenters. The van der Waals surface area contributed by atoms with Crippen LogP contribution in [0.3, 0.4) is 0 Å². The van der Waals surface area contributed by atoms with Crippen LogP contribution in [0.25, 0.3) is 11.1 Å². The van der Waals surface area contributed by atoms with Crippen LogP contribution in [0.5, 0.6) is 0 Å². The van der Waals surface area contributed by atoms with Crippen LogP contribution in [0.1, 0.15) is 11.4 Å². The summed E-state index contributed by atoms with van der Waals surface area (Å²) in [4.78, 5) is 4.62. The van der Waals surface area contributed by atoms with Crippen LogP contribution in [0, 0.1) is 0 Å². The number of nitrogens with two attached hydrogens (primary N) is 1. The number of rotatable bonds is 3. The summed E-state index contributed by atoms with van der Waals surface area (Å²) in [7, 11) is -1.60. The monoisotopic (exact) mass is 368 g/mol. The number of anilines is 1. The number of fused-ring (bicyclic) bond motifs is 1. The molecular weight excluding hydrogens is 348 g/mol. The van der Waals surface area contributed by atoms with E-state index in [9.17, 15) is 8.42 Å². The Kier molecular flexibility index (Phi) is 4.05. The Hall–Kier alpha value is -2.64. The van der Waals surface area contributed by atoms with Gasteiger partial charge in [0.1, 0.15) is 0 Å². The molecule has 0 spiro atoms. The molecule has 0 aliphatic carbocycles. The number of aryl methyl sites for hydroxylation is 1. The van der Waals surface area contributed by atoms with Gasteiger partial charge in [0, 0.05) is 31.4 Å². The highest BCUT2D eigenvalue weighted by Gasteiger charge is 2.30. The molecule has 7 heteroatoms. The van der Waals surface area contributed by atoms with Crippen molar-refractivity contribution < 1.29 is 8.42 Å². The van der Waals surface area contributed by atoms with Gasteiger partial charge >= 0.3 is 0 Å². The summed E-state index contributed by atoms with van der Waals surface area (Å²) >= 11 is 0. The van der Waals surface area contributed by atoms with Crippen LogP contribution in [-0.4, -0.2) is 28.8 Å². The molecule has 2 heterocycles. The van der Waals surface area contributed by atoms with Crippen molar-refractivity contribution in [3.63, 3.8) is 0 Å².